The Hall–Kier alpha value is -3.58. The van der Waals surface area contributed by atoms with Gasteiger partial charge in [0.25, 0.3) is 5.91 Å². The quantitative estimate of drug-likeness (QED) is 0.437. The molecule has 0 aliphatic rings. The fourth-order valence-electron chi connectivity index (χ4n) is 3.25. The smallest absolute Gasteiger partial charge is 0.252 e. The van der Waals surface area contributed by atoms with Gasteiger partial charge in [0.05, 0.1) is 23.3 Å². The number of nitrogens with one attached hydrogen (secondary N) is 2. The zero-order chi connectivity index (χ0) is 21.8. The Morgan fingerprint density at radius 2 is 1.77 bits per heavy atom. The summed E-state index contributed by atoms with van der Waals surface area (Å²) in [6.07, 6.45) is 3.36. The summed E-state index contributed by atoms with van der Waals surface area (Å²) in [7, 11) is 0. The van der Waals surface area contributed by atoms with Crippen LogP contribution in [0.1, 0.15) is 15.9 Å². The van der Waals surface area contributed by atoms with Crippen molar-refractivity contribution in [1.82, 2.24) is 15.3 Å². The molecule has 154 valence electrons. The maximum Gasteiger partial charge on any atom is 0.252 e. The first-order valence-electron chi connectivity index (χ1n) is 9.65. The van der Waals surface area contributed by atoms with Crippen molar-refractivity contribution in [1.29, 1.82) is 0 Å². The number of rotatable bonds is 5. The standard InChI is InChI=1S/C24H19BrN4O2/c1-15-12-17(25)6-7-20(15)29-23(30)14-27-24(31)19-13-22(16-8-10-26-11-9-16)28-21-5-3-2-4-18(19)21/h2-13H,14H2,1H3,(H,27,31)(H,29,30). The summed E-state index contributed by atoms with van der Waals surface area (Å²) in [5, 5.41) is 6.27. The number of aryl methyl sites for hydroxylation is 1. The summed E-state index contributed by atoms with van der Waals surface area (Å²) in [6, 6.07) is 18.4. The number of nitrogens with zero attached hydrogens (tertiary/aromatic N) is 2. The van der Waals surface area contributed by atoms with Crippen molar-refractivity contribution in [2.45, 2.75) is 6.92 Å². The zero-order valence-corrected chi connectivity index (χ0v) is 18.3. The molecule has 4 rings (SSSR count). The lowest BCUT2D eigenvalue weighted by molar-refractivity contribution is -0.115. The van der Waals surface area contributed by atoms with E-state index in [0.29, 0.717) is 22.5 Å². The molecule has 6 nitrogen and oxygen atoms in total. The van der Waals surface area contributed by atoms with Gasteiger partial charge in [0.2, 0.25) is 5.91 Å². The number of carbonyl (C=O) groups excluding carboxylic acids is 2. The number of anilines is 1. The second kappa shape index (κ2) is 9.06. The number of para-hydroxylation sites is 1. The van der Waals surface area contributed by atoms with E-state index >= 15 is 0 Å². The molecule has 2 N–H and O–H groups in total. The maximum absolute atomic E-state index is 13.0. The minimum atomic E-state index is -0.336. The molecule has 2 amide bonds. The molecule has 0 bridgehead atoms. The third-order valence-corrected chi connectivity index (χ3v) is 5.30. The van der Waals surface area contributed by atoms with E-state index in [0.717, 1.165) is 21.0 Å². The maximum atomic E-state index is 13.0. The van der Waals surface area contributed by atoms with E-state index in [1.54, 1.807) is 18.5 Å². The predicted molar refractivity (Wildman–Crippen MR) is 125 cm³/mol. The minimum absolute atomic E-state index is 0.143. The SMILES string of the molecule is Cc1cc(Br)ccc1NC(=O)CNC(=O)c1cc(-c2ccncc2)nc2ccccc12. The lowest BCUT2D eigenvalue weighted by atomic mass is 10.0. The largest absolute Gasteiger partial charge is 0.343 e. The molecule has 0 aliphatic carbocycles. The number of hydrogen-bond acceptors (Lipinski definition) is 4. The molecular formula is C24H19BrN4O2. The number of pyridine rings is 2. The number of benzene rings is 2. The van der Waals surface area contributed by atoms with Crippen molar-refractivity contribution in [2.75, 3.05) is 11.9 Å². The van der Waals surface area contributed by atoms with Gasteiger partial charge in [-0.25, -0.2) is 4.98 Å². The first-order chi connectivity index (χ1) is 15.0. The van der Waals surface area contributed by atoms with Crippen LogP contribution in [0.15, 0.2) is 77.5 Å². The zero-order valence-electron chi connectivity index (χ0n) is 16.7. The highest BCUT2D eigenvalue weighted by molar-refractivity contribution is 9.10. The topological polar surface area (TPSA) is 84.0 Å². The molecule has 0 aliphatic heterocycles. The average molecular weight is 475 g/mol. The predicted octanol–water partition coefficient (Wildman–Crippen LogP) is 4.74. The molecule has 2 aromatic heterocycles. The molecule has 2 aromatic carbocycles. The second-order valence-corrected chi connectivity index (χ2v) is 7.91. The van der Waals surface area contributed by atoms with Gasteiger partial charge in [0.1, 0.15) is 0 Å². The average Bonchev–Trinajstić information content (AvgIpc) is 2.79. The molecule has 0 unspecified atom stereocenters. The van der Waals surface area contributed by atoms with Crippen LogP contribution in [0.4, 0.5) is 5.69 Å². The summed E-state index contributed by atoms with van der Waals surface area (Å²) in [4.78, 5) is 34.1. The van der Waals surface area contributed by atoms with E-state index in [4.69, 9.17) is 0 Å². The van der Waals surface area contributed by atoms with E-state index in [-0.39, 0.29) is 18.4 Å². The van der Waals surface area contributed by atoms with Gasteiger partial charge in [-0.1, -0.05) is 34.1 Å². The lowest BCUT2D eigenvalue weighted by Crippen LogP contribution is -2.33. The van der Waals surface area contributed by atoms with Crippen LogP contribution in [0.25, 0.3) is 22.2 Å². The first kappa shape index (κ1) is 20.7. The van der Waals surface area contributed by atoms with Gasteiger partial charge in [-0.05, 0) is 55.0 Å². The molecular weight excluding hydrogens is 456 g/mol. The van der Waals surface area contributed by atoms with Crippen molar-refractivity contribution in [2.24, 2.45) is 0 Å². The van der Waals surface area contributed by atoms with Crippen molar-refractivity contribution < 1.29 is 9.59 Å². The second-order valence-electron chi connectivity index (χ2n) is 7.00. The van der Waals surface area contributed by atoms with Gasteiger partial charge in [-0.3, -0.25) is 14.6 Å². The number of halogens is 1. The van der Waals surface area contributed by atoms with Gasteiger partial charge < -0.3 is 10.6 Å². The van der Waals surface area contributed by atoms with E-state index in [1.807, 2.05) is 61.5 Å². The molecule has 0 saturated heterocycles. The third kappa shape index (κ3) is 4.78. The number of amides is 2. The molecule has 7 heteroatoms. The molecule has 2 heterocycles. The lowest BCUT2D eigenvalue weighted by Gasteiger charge is -2.12. The van der Waals surface area contributed by atoms with Gasteiger partial charge >= 0.3 is 0 Å². The number of aromatic nitrogens is 2. The normalized spacial score (nSPS) is 10.6. The fourth-order valence-corrected chi connectivity index (χ4v) is 3.73. The minimum Gasteiger partial charge on any atom is -0.343 e. The summed E-state index contributed by atoms with van der Waals surface area (Å²) in [5.74, 6) is -0.636. The monoisotopic (exact) mass is 474 g/mol. The molecule has 4 aromatic rings. The Bertz CT molecular complexity index is 1280. The van der Waals surface area contributed by atoms with Crippen LogP contribution in [-0.2, 0) is 4.79 Å². The van der Waals surface area contributed by atoms with Crippen molar-refractivity contribution >= 4 is 44.3 Å². The van der Waals surface area contributed by atoms with Crippen LogP contribution in [0.5, 0.6) is 0 Å². The van der Waals surface area contributed by atoms with Gasteiger partial charge in [-0.15, -0.1) is 0 Å². The van der Waals surface area contributed by atoms with E-state index in [9.17, 15) is 9.59 Å². The Labute approximate surface area is 187 Å². The molecule has 0 radical (unpaired) electrons. The van der Waals surface area contributed by atoms with E-state index in [2.05, 4.69) is 36.5 Å². The summed E-state index contributed by atoms with van der Waals surface area (Å²) < 4.78 is 0.936. The molecule has 0 fully saturated rings. The Morgan fingerprint density at radius 1 is 1.00 bits per heavy atom. The fraction of sp³-hybridized carbons (Fsp3) is 0.0833. The van der Waals surface area contributed by atoms with E-state index < -0.39 is 0 Å². The molecule has 31 heavy (non-hydrogen) atoms. The number of carbonyl (C=O) groups is 2. The van der Waals surface area contributed by atoms with Crippen molar-refractivity contribution in [3.8, 4) is 11.3 Å². The van der Waals surface area contributed by atoms with Crippen molar-refractivity contribution in [3.63, 3.8) is 0 Å². The first-order valence-corrected chi connectivity index (χ1v) is 10.4. The summed E-state index contributed by atoms with van der Waals surface area (Å²) >= 11 is 3.40. The number of fused-ring (bicyclic) bond motifs is 1. The highest BCUT2D eigenvalue weighted by Gasteiger charge is 2.15. The van der Waals surface area contributed by atoms with Crippen LogP contribution < -0.4 is 10.6 Å². The number of hydrogen-bond donors (Lipinski definition) is 2. The highest BCUT2D eigenvalue weighted by Crippen LogP contribution is 2.24. The van der Waals surface area contributed by atoms with E-state index in [1.165, 1.54) is 0 Å². The Morgan fingerprint density at radius 3 is 2.55 bits per heavy atom. The van der Waals surface area contributed by atoms with Gasteiger partial charge in [0.15, 0.2) is 0 Å². The van der Waals surface area contributed by atoms with Crippen LogP contribution in [0.2, 0.25) is 0 Å². The summed E-state index contributed by atoms with van der Waals surface area (Å²) in [5.41, 5.74) is 4.33. The van der Waals surface area contributed by atoms with Crippen LogP contribution in [0, 0.1) is 6.92 Å². The van der Waals surface area contributed by atoms with Gasteiger partial charge in [0, 0.05) is 33.5 Å². The highest BCUT2D eigenvalue weighted by atomic mass is 79.9. The van der Waals surface area contributed by atoms with Gasteiger partial charge in [-0.2, -0.15) is 0 Å². The van der Waals surface area contributed by atoms with Crippen LogP contribution in [0.3, 0.4) is 0 Å². The molecule has 0 saturated carbocycles. The third-order valence-electron chi connectivity index (χ3n) is 4.81. The van der Waals surface area contributed by atoms with Crippen LogP contribution in [-0.4, -0.2) is 28.3 Å². The molecule has 0 spiro atoms. The Balaban J connectivity index is 1.55. The van der Waals surface area contributed by atoms with Crippen LogP contribution >= 0.6 is 15.9 Å². The van der Waals surface area contributed by atoms with Crippen molar-refractivity contribution in [3.05, 3.63) is 88.7 Å². The Kier molecular flexibility index (Phi) is 6.04. The summed E-state index contributed by atoms with van der Waals surface area (Å²) in [6.45, 7) is 1.76. The molecule has 0 atom stereocenters.